The van der Waals surface area contributed by atoms with E-state index in [1.165, 1.54) is 0 Å². The quantitative estimate of drug-likeness (QED) is 0.797. The van der Waals surface area contributed by atoms with Crippen LogP contribution in [0.4, 0.5) is 0 Å². The van der Waals surface area contributed by atoms with Crippen LogP contribution < -0.4 is 4.90 Å². The summed E-state index contributed by atoms with van der Waals surface area (Å²) in [6.07, 6.45) is 1.71. The van der Waals surface area contributed by atoms with Gasteiger partial charge in [0.15, 0.2) is 6.67 Å². The summed E-state index contributed by atoms with van der Waals surface area (Å²) in [5.74, 6) is 2.07. The first kappa shape index (κ1) is 11.0. The van der Waals surface area contributed by atoms with E-state index in [0.29, 0.717) is 0 Å². The number of furan rings is 1. The maximum absolute atomic E-state index is 5.33. The Bertz CT molecular complexity index is 326. The van der Waals surface area contributed by atoms with Crippen molar-refractivity contribution in [3.05, 3.63) is 24.2 Å². The molecule has 1 fully saturated rings. The highest BCUT2D eigenvalue weighted by atomic mass is 32.2. The summed E-state index contributed by atoms with van der Waals surface area (Å²) < 4.78 is 6.32. The summed E-state index contributed by atoms with van der Waals surface area (Å²) in [5.41, 5.74) is 0. The minimum atomic E-state index is 0.794. The van der Waals surface area contributed by atoms with Gasteiger partial charge in [0.25, 0.3) is 0 Å². The van der Waals surface area contributed by atoms with E-state index in [1.54, 1.807) is 22.9 Å². The lowest BCUT2D eigenvalue weighted by Crippen LogP contribution is -3.14. The van der Waals surface area contributed by atoms with Gasteiger partial charge < -0.3 is 14.2 Å². The van der Waals surface area contributed by atoms with Crippen LogP contribution in [-0.2, 0) is 6.54 Å². The second-order valence-electron chi connectivity index (χ2n) is 3.59. The highest BCUT2D eigenvalue weighted by Gasteiger charge is 2.23. The van der Waals surface area contributed by atoms with Gasteiger partial charge in [0, 0.05) is 0 Å². The van der Waals surface area contributed by atoms with E-state index in [-0.39, 0.29) is 0 Å². The minimum Gasteiger partial charge on any atom is -0.467 e. The molecular weight excluding hydrogens is 228 g/mol. The first-order valence-electron chi connectivity index (χ1n) is 5.07. The van der Waals surface area contributed by atoms with Crippen LogP contribution in [0.3, 0.4) is 0 Å². The van der Waals surface area contributed by atoms with Crippen molar-refractivity contribution in [2.75, 3.05) is 19.1 Å². The molecule has 15 heavy (non-hydrogen) atoms. The summed E-state index contributed by atoms with van der Waals surface area (Å²) >= 11 is 7.09. The monoisotopic (exact) mass is 243 g/mol. The van der Waals surface area contributed by atoms with Crippen LogP contribution in [0.25, 0.3) is 0 Å². The molecule has 1 aromatic heterocycles. The molecule has 2 heterocycles. The van der Waals surface area contributed by atoms with Gasteiger partial charge in [-0.2, -0.15) is 0 Å². The molecule has 5 heteroatoms. The van der Waals surface area contributed by atoms with E-state index >= 15 is 0 Å². The second kappa shape index (κ2) is 5.01. The lowest BCUT2D eigenvalue weighted by atomic mass is 10.4. The zero-order chi connectivity index (χ0) is 10.7. The van der Waals surface area contributed by atoms with Crippen LogP contribution in [0.15, 0.2) is 22.8 Å². The van der Waals surface area contributed by atoms with Crippen molar-refractivity contribution in [3.63, 3.8) is 0 Å². The molecule has 1 aliphatic rings. The fraction of sp³-hybridized carbons (Fsp3) is 0.500. The van der Waals surface area contributed by atoms with Crippen molar-refractivity contribution in [2.45, 2.75) is 13.5 Å². The molecule has 1 unspecified atom stereocenters. The first-order valence-corrected chi connectivity index (χ1v) is 6.46. The molecule has 3 nitrogen and oxygen atoms in total. The zero-order valence-electron chi connectivity index (χ0n) is 8.73. The Morgan fingerprint density at radius 3 is 3.20 bits per heavy atom. The number of hydrogen-bond donors (Lipinski definition) is 1. The van der Waals surface area contributed by atoms with E-state index in [2.05, 4.69) is 11.8 Å². The number of thioether (sulfide) groups is 1. The largest absolute Gasteiger partial charge is 0.467 e. The van der Waals surface area contributed by atoms with Crippen molar-refractivity contribution < 1.29 is 9.32 Å². The predicted octanol–water partition coefficient (Wildman–Crippen LogP) is 0.933. The molecular formula is C10H15N2OS2+. The summed E-state index contributed by atoms with van der Waals surface area (Å²) in [6, 6.07) is 3.91. The molecule has 0 aliphatic carbocycles. The number of nitrogens with one attached hydrogen (secondary N) is 1. The molecule has 82 valence electrons. The Kier molecular flexibility index (Phi) is 3.66. The van der Waals surface area contributed by atoms with Crippen LogP contribution in [-0.4, -0.2) is 28.3 Å². The Morgan fingerprint density at radius 2 is 2.53 bits per heavy atom. The van der Waals surface area contributed by atoms with Crippen LogP contribution >= 0.6 is 24.0 Å². The average Bonchev–Trinajstić information content (AvgIpc) is 2.74. The molecule has 2 rings (SSSR count). The number of nitrogens with zero attached hydrogens (tertiary/aromatic N) is 1. The van der Waals surface area contributed by atoms with Gasteiger partial charge in [0.1, 0.15) is 16.0 Å². The van der Waals surface area contributed by atoms with Gasteiger partial charge in [0.05, 0.1) is 19.4 Å². The van der Waals surface area contributed by atoms with Crippen molar-refractivity contribution in [1.29, 1.82) is 0 Å². The summed E-state index contributed by atoms with van der Waals surface area (Å²) in [6.45, 7) is 5.13. The van der Waals surface area contributed by atoms with Crippen LogP contribution in [0, 0.1) is 0 Å². The first-order chi connectivity index (χ1) is 7.29. The van der Waals surface area contributed by atoms with Crippen molar-refractivity contribution in [1.82, 2.24) is 4.90 Å². The molecule has 1 N–H and O–H groups in total. The van der Waals surface area contributed by atoms with Crippen molar-refractivity contribution in [3.8, 4) is 0 Å². The maximum Gasteiger partial charge on any atom is 0.155 e. The number of hydrogen-bond acceptors (Lipinski definition) is 3. The zero-order valence-corrected chi connectivity index (χ0v) is 10.4. The van der Waals surface area contributed by atoms with Gasteiger partial charge >= 0.3 is 0 Å². The molecule has 0 bridgehead atoms. The maximum atomic E-state index is 5.33. The Morgan fingerprint density at radius 1 is 1.67 bits per heavy atom. The molecule has 1 aliphatic heterocycles. The summed E-state index contributed by atoms with van der Waals surface area (Å²) in [5, 5.41) is 0. The normalized spacial score (nSPS) is 22.1. The number of thiocarbonyl (C=S) groups is 1. The van der Waals surface area contributed by atoms with Gasteiger partial charge in [-0.1, -0.05) is 12.2 Å². The lowest BCUT2D eigenvalue weighted by molar-refractivity contribution is -0.895. The molecule has 1 saturated heterocycles. The molecule has 0 radical (unpaired) electrons. The summed E-state index contributed by atoms with van der Waals surface area (Å²) in [7, 11) is 0. The van der Waals surface area contributed by atoms with Crippen LogP contribution in [0.5, 0.6) is 0 Å². The minimum absolute atomic E-state index is 0.794. The highest BCUT2D eigenvalue weighted by Crippen LogP contribution is 2.13. The average molecular weight is 243 g/mol. The van der Waals surface area contributed by atoms with E-state index in [9.17, 15) is 0 Å². The molecule has 0 spiro atoms. The van der Waals surface area contributed by atoms with E-state index < -0.39 is 0 Å². The lowest BCUT2D eigenvalue weighted by Gasteiger charge is -2.32. The van der Waals surface area contributed by atoms with Gasteiger partial charge in [-0.25, -0.2) is 0 Å². The predicted molar refractivity (Wildman–Crippen MR) is 65.7 cm³/mol. The van der Waals surface area contributed by atoms with Crippen LogP contribution in [0.2, 0.25) is 0 Å². The van der Waals surface area contributed by atoms with Crippen LogP contribution in [0.1, 0.15) is 12.7 Å². The Labute approximate surface area is 99.4 Å². The molecule has 0 saturated carbocycles. The Hall–Kier alpha value is -0.520. The van der Waals surface area contributed by atoms with Gasteiger partial charge in [-0.05, 0) is 30.8 Å². The highest BCUT2D eigenvalue weighted by molar-refractivity contribution is 8.22. The Balaban J connectivity index is 1.97. The van der Waals surface area contributed by atoms with Gasteiger partial charge in [-0.3, -0.25) is 0 Å². The van der Waals surface area contributed by atoms with E-state index in [4.69, 9.17) is 16.6 Å². The van der Waals surface area contributed by atoms with Crippen molar-refractivity contribution in [2.24, 2.45) is 0 Å². The van der Waals surface area contributed by atoms with E-state index in [0.717, 1.165) is 35.7 Å². The second-order valence-corrected chi connectivity index (χ2v) is 5.20. The fourth-order valence-corrected chi connectivity index (χ4v) is 2.80. The fourth-order valence-electron chi connectivity index (χ4n) is 1.56. The van der Waals surface area contributed by atoms with Gasteiger partial charge in [0.2, 0.25) is 0 Å². The summed E-state index contributed by atoms with van der Waals surface area (Å²) in [4.78, 5) is 3.77. The molecule has 0 amide bonds. The van der Waals surface area contributed by atoms with Gasteiger partial charge in [-0.15, -0.1) is 0 Å². The molecule has 1 aromatic rings. The number of rotatable bonds is 3. The third kappa shape index (κ3) is 2.74. The van der Waals surface area contributed by atoms with E-state index in [1.807, 2.05) is 12.1 Å². The topological polar surface area (TPSA) is 20.8 Å². The SMILES string of the molecule is CC[NH+]1CSC(=S)N(Cc2ccco2)C1. The number of quaternary nitrogens is 1. The van der Waals surface area contributed by atoms with Crippen molar-refractivity contribution >= 4 is 28.3 Å². The molecule has 1 atom stereocenters. The third-order valence-corrected chi connectivity index (χ3v) is 4.17. The third-order valence-electron chi connectivity index (χ3n) is 2.50. The molecule has 0 aromatic carbocycles. The standard InChI is InChI=1S/C10H14N2OS2/c1-2-11-7-12(10(14)15-8-11)6-9-4-3-5-13-9/h3-5H,2,6-8H2,1H3/p+1. The smallest absolute Gasteiger partial charge is 0.155 e.